The van der Waals surface area contributed by atoms with Crippen LogP contribution in [-0.4, -0.2) is 26.2 Å². The van der Waals surface area contributed by atoms with Crippen molar-refractivity contribution in [2.45, 2.75) is 6.54 Å². The first-order valence-electron chi connectivity index (χ1n) is 7.36. The molecule has 4 heteroatoms. The minimum atomic E-state index is 0.743. The minimum Gasteiger partial charge on any atom is -0.381 e. The highest BCUT2D eigenvalue weighted by Crippen LogP contribution is 2.20. The van der Waals surface area contributed by atoms with Crippen LogP contribution >= 0.6 is 11.6 Å². The van der Waals surface area contributed by atoms with Crippen LogP contribution in [0.15, 0.2) is 48.5 Å². The standard InChI is InChI=1S/C17H20ClN3/c18-17-4-2-1-3-14(17)13-20-15-5-7-16(8-6-15)21-11-9-19-10-12-21/h1-8,19-20H,9-13H2. The first-order valence-corrected chi connectivity index (χ1v) is 7.74. The molecule has 1 heterocycles. The van der Waals surface area contributed by atoms with Crippen molar-refractivity contribution in [2.24, 2.45) is 0 Å². The Bertz CT molecular complexity index is 577. The van der Waals surface area contributed by atoms with Crippen LogP contribution in [0, 0.1) is 0 Å². The van der Waals surface area contributed by atoms with Gasteiger partial charge in [0.2, 0.25) is 0 Å². The number of anilines is 2. The average Bonchev–Trinajstić information content (AvgIpc) is 2.55. The van der Waals surface area contributed by atoms with Crippen molar-refractivity contribution in [2.75, 3.05) is 36.4 Å². The molecular weight excluding hydrogens is 282 g/mol. The summed E-state index contributed by atoms with van der Waals surface area (Å²) in [6.45, 7) is 5.02. The van der Waals surface area contributed by atoms with E-state index < -0.39 is 0 Å². The Morgan fingerprint density at radius 3 is 2.43 bits per heavy atom. The van der Waals surface area contributed by atoms with Crippen LogP contribution in [0.2, 0.25) is 5.02 Å². The quantitative estimate of drug-likeness (QED) is 0.907. The number of hydrogen-bond acceptors (Lipinski definition) is 3. The summed E-state index contributed by atoms with van der Waals surface area (Å²) in [6.07, 6.45) is 0. The molecule has 0 spiro atoms. The lowest BCUT2D eigenvalue weighted by molar-refractivity contribution is 0.589. The summed E-state index contributed by atoms with van der Waals surface area (Å²) in [5.41, 5.74) is 3.53. The summed E-state index contributed by atoms with van der Waals surface area (Å²) in [7, 11) is 0. The predicted octanol–water partition coefficient (Wildman–Crippen LogP) is 3.36. The summed E-state index contributed by atoms with van der Waals surface area (Å²) in [5, 5.41) is 7.60. The van der Waals surface area contributed by atoms with Gasteiger partial charge in [0.25, 0.3) is 0 Å². The van der Waals surface area contributed by atoms with Gasteiger partial charge < -0.3 is 15.5 Å². The van der Waals surface area contributed by atoms with E-state index in [1.807, 2.05) is 24.3 Å². The monoisotopic (exact) mass is 301 g/mol. The molecule has 0 saturated carbocycles. The SMILES string of the molecule is Clc1ccccc1CNc1ccc(N2CCNCC2)cc1. The molecule has 2 aromatic carbocycles. The maximum Gasteiger partial charge on any atom is 0.0455 e. The molecule has 2 aromatic rings. The fourth-order valence-electron chi connectivity index (χ4n) is 2.55. The third-order valence-electron chi connectivity index (χ3n) is 3.79. The van der Waals surface area contributed by atoms with Gasteiger partial charge in [-0.2, -0.15) is 0 Å². The predicted molar refractivity (Wildman–Crippen MR) is 90.3 cm³/mol. The number of piperazine rings is 1. The van der Waals surface area contributed by atoms with Crippen LogP contribution in [0.5, 0.6) is 0 Å². The second-order valence-corrected chi connectivity index (χ2v) is 5.64. The molecular formula is C17H20ClN3. The number of rotatable bonds is 4. The Morgan fingerprint density at radius 1 is 1.00 bits per heavy atom. The third kappa shape index (κ3) is 3.69. The van der Waals surface area contributed by atoms with Crippen LogP contribution < -0.4 is 15.5 Å². The highest BCUT2D eigenvalue weighted by atomic mass is 35.5. The van der Waals surface area contributed by atoms with Gasteiger partial charge in [-0.15, -0.1) is 0 Å². The van der Waals surface area contributed by atoms with E-state index in [2.05, 4.69) is 39.8 Å². The average molecular weight is 302 g/mol. The molecule has 0 radical (unpaired) electrons. The van der Waals surface area contributed by atoms with Gasteiger partial charge in [0.15, 0.2) is 0 Å². The van der Waals surface area contributed by atoms with Crippen molar-refractivity contribution >= 4 is 23.0 Å². The molecule has 0 bridgehead atoms. The van der Waals surface area contributed by atoms with E-state index >= 15 is 0 Å². The summed E-state index contributed by atoms with van der Waals surface area (Å²) in [6, 6.07) is 16.6. The lowest BCUT2D eigenvalue weighted by Gasteiger charge is -2.29. The lowest BCUT2D eigenvalue weighted by Crippen LogP contribution is -2.43. The number of halogens is 1. The Labute approximate surface area is 130 Å². The fraction of sp³-hybridized carbons (Fsp3) is 0.294. The topological polar surface area (TPSA) is 27.3 Å². The first kappa shape index (κ1) is 14.2. The molecule has 0 amide bonds. The Balaban J connectivity index is 1.60. The molecule has 0 atom stereocenters. The van der Waals surface area contributed by atoms with Gasteiger partial charge >= 0.3 is 0 Å². The zero-order valence-electron chi connectivity index (χ0n) is 12.0. The van der Waals surface area contributed by atoms with Gasteiger partial charge in [-0.3, -0.25) is 0 Å². The lowest BCUT2D eigenvalue weighted by atomic mass is 10.2. The minimum absolute atomic E-state index is 0.743. The maximum absolute atomic E-state index is 6.16. The number of hydrogen-bond donors (Lipinski definition) is 2. The highest BCUT2D eigenvalue weighted by molar-refractivity contribution is 6.31. The molecule has 0 unspecified atom stereocenters. The van der Waals surface area contributed by atoms with Crippen molar-refractivity contribution in [3.05, 3.63) is 59.1 Å². The second kappa shape index (κ2) is 6.83. The molecule has 0 aromatic heterocycles. The molecule has 0 aliphatic carbocycles. The maximum atomic E-state index is 6.16. The Hall–Kier alpha value is -1.71. The van der Waals surface area contributed by atoms with Gasteiger partial charge in [0.1, 0.15) is 0 Å². The molecule has 1 fully saturated rings. The van der Waals surface area contributed by atoms with Crippen molar-refractivity contribution in [1.82, 2.24) is 5.32 Å². The van der Waals surface area contributed by atoms with Gasteiger partial charge in [0.05, 0.1) is 0 Å². The van der Waals surface area contributed by atoms with E-state index in [0.717, 1.165) is 49.0 Å². The molecule has 21 heavy (non-hydrogen) atoms. The molecule has 1 saturated heterocycles. The largest absolute Gasteiger partial charge is 0.381 e. The summed E-state index contributed by atoms with van der Waals surface area (Å²) in [5.74, 6) is 0. The molecule has 2 N–H and O–H groups in total. The molecule has 3 rings (SSSR count). The Morgan fingerprint density at radius 2 is 1.71 bits per heavy atom. The van der Waals surface area contributed by atoms with Crippen LogP contribution in [0.1, 0.15) is 5.56 Å². The van der Waals surface area contributed by atoms with E-state index in [0.29, 0.717) is 0 Å². The molecule has 3 nitrogen and oxygen atoms in total. The summed E-state index contributed by atoms with van der Waals surface area (Å²) < 4.78 is 0. The normalized spacial score (nSPS) is 15.0. The van der Waals surface area contributed by atoms with Crippen LogP contribution in [-0.2, 0) is 6.54 Å². The molecule has 1 aliphatic heterocycles. The van der Waals surface area contributed by atoms with Gasteiger partial charge in [-0.1, -0.05) is 29.8 Å². The fourth-order valence-corrected chi connectivity index (χ4v) is 2.75. The van der Waals surface area contributed by atoms with E-state index in [1.165, 1.54) is 5.69 Å². The van der Waals surface area contributed by atoms with Gasteiger partial charge in [-0.25, -0.2) is 0 Å². The second-order valence-electron chi connectivity index (χ2n) is 5.23. The van der Waals surface area contributed by atoms with Crippen molar-refractivity contribution in [3.8, 4) is 0 Å². The number of nitrogens with one attached hydrogen (secondary N) is 2. The Kier molecular flexibility index (Phi) is 4.63. The van der Waals surface area contributed by atoms with E-state index in [9.17, 15) is 0 Å². The van der Waals surface area contributed by atoms with Crippen molar-refractivity contribution < 1.29 is 0 Å². The van der Waals surface area contributed by atoms with Gasteiger partial charge in [-0.05, 0) is 35.9 Å². The zero-order valence-corrected chi connectivity index (χ0v) is 12.7. The van der Waals surface area contributed by atoms with Crippen molar-refractivity contribution in [3.63, 3.8) is 0 Å². The van der Waals surface area contributed by atoms with Crippen LogP contribution in [0.4, 0.5) is 11.4 Å². The van der Waals surface area contributed by atoms with E-state index in [1.54, 1.807) is 0 Å². The summed E-state index contributed by atoms with van der Waals surface area (Å²) >= 11 is 6.16. The van der Waals surface area contributed by atoms with Crippen LogP contribution in [0.3, 0.4) is 0 Å². The number of nitrogens with zero attached hydrogens (tertiary/aromatic N) is 1. The van der Waals surface area contributed by atoms with Crippen molar-refractivity contribution in [1.29, 1.82) is 0 Å². The summed E-state index contributed by atoms with van der Waals surface area (Å²) in [4.78, 5) is 2.41. The molecule has 1 aliphatic rings. The zero-order chi connectivity index (χ0) is 14.5. The first-order chi connectivity index (χ1) is 10.3. The molecule has 110 valence electrons. The number of benzene rings is 2. The third-order valence-corrected chi connectivity index (χ3v) is 4.16. The van der Waals surface area contributed by atoms with E-state index in [-0.39, 0.29) is 0 Å². The van der Waals surface area contributed by atoms with Crippen LogP contribution in [0.25, 0.3) is 0 Å². The van der Waals surface area contributed by atoms with E-state index in [4.69, 9.17) is 11.6 Å². The van der Waals surface area contributed by atoms with Gasteiger partial charge in [0, 0.05) is 49.1 Å². The smallest absolute Gasteiger partial charge is 0.0455 e. The highest BCUT2D eigenvalue weighted by Gasteiger charge is 2.09.